The largest absolute Gasteiger partial charge is 0.252 e. The molecule has 8 heteroatoms. The Morgan fingerprint density at radius 1 is 1.38 bits per heavy atom. The van der Waals surface area contributed by atoms with E-state index in [9.17, 15) is 12.8 Å². The molecular weight excluding hydrogens is 401 g/mol. The third-order valence-electron chi connectivity index (χ3n) is 3.16. The van der Waals surface area contributed by atoms with E-state index in [4.69, 9.17) is 11.6 Å². The molecule has 0 spiro atoms. The molecule has 0 aliphatic rings. The number of hydrogen-bond donors (Lipinski definition) is 0. The standard InChI is InChI=1S/C13H12BrClFNO2S2/c1-8(9-5-3-4-6-11(9)16)17(2)21(18,19)12-7-10(15)13(14)20-12/h3-8H,1-2H3. The zero-order valence-electron chi connectivity index (χ0n) is 11.2. The fraction of sp³-hybridized carbons (Fsp3) is 0.231. The van der Waals surface area contributed by atoms with Crippen LogP contribution in [-0.2, 0) is 10.0 Å². The van der Waals surface area contributed by atoms with Gasteiger partial charge in [-0.3, -0.25) is 0 Å². The highest BCUT2D eigenvalue weighted by molar-refractivity contribution is 9.11. The van der Waals surface area contributed by atoms with Crippen molar-refractivity contribution in [3.8, 4) is 0 Å². The molecule has 0 aliphatic heterocycles. The van der Waals surface area contributed by atoms with Crippen molar-refractivity contribution in [2.24, 2.45) is 0 Å². The molecule has 114 valence electrons. The maximum absolute atomic E-state index is 13.8. The minimum Gasteiger partial charge on any atom is -0.207 e. The quantitative estimate of drug-likeness (QED) is 0.731. The lowest BCUT2D eigenvalue weighted by molar-refractivity contribution is 0.388. The van der Waals surface area contributed by atoms with Crippen molar-refractivity contribution >= 4 is 48.9 Å². The fourth-order valence-electron chi connectivity index (χ4n) is 1.81. The van der Waals surface area contributed by atoms with Crippen LogP contribution in [0.15, 0.2) is 38.3 Å². The Balaban J connectivity index is 2.38. The number of halogens is 3. The summed E-state index contributed by atoms with van der Waals surface area (Å²) in [6.07, 6.45) is 0. The van der Waals surface area contributed by atoms with E-state index in [1.54, 1.807) is 25.1 Å². The summed E-state index contributed by atoms with van der Waals surface area (Å²) in [4.78, 5) is 0. The second-order valence-corrected chi connectivity index (χ2v) is 9.41. The molecule has 0 bridgehead atoms. The van der Waals surface area contributed by atoms with Crippen LogP contribution < -0.4 is 0 Å². The van der Waals surface area contributed by atoms with Gasteiger partial charge in [-0.2, -0.15) is 4.31 Å². The third kappa shape index (κ3) is 3.32. The van der Waals surface area contributed by atoms with Gasteiger partial charge >= 0.3 is 0 Å². The molecule has 0 fully saturated rings. The fourth-order valence-corrected chi connectivity index (χ4v) is 5.74. The van der Waals surface area contributed by atoms with E-state index in [-0.39, 0.29) is 4.21 Å². The van der Waals surface area contributed by atoms with E-state index in [1.807, 2.05) is 0 Å². The van der Waals surface area contributed by atoms with Crippen molar-refractivity contribution in [2.75, 3.05) is 7.05 Å². The lowest BCUT2D eigenvalue weighted by Gasteiger charge is -2.24. The van der Waals surface area contributed by atoms with Gasteiger partial charge in [-0.25, -0.2) is 12.8 Å². The number of hydrogen-bond acceptors (Lipinski definition) is 3. The smallest absolute Gasteiger partial charge is 0.207 e. The molecule has 0 aliphatic carbocycles. The first-order valence-corrected chi connectivity index (χ1v) is 9.35. The first-order chi connectivity index (χ1) is 9.75. The van der Waals surface area contributed by atoms with Crippen molar-refractivity contribution in [3.05, 3.63) is 50.5 Å². The van der Waals surface area contributed by atoms with Gasteiger partial charge in [0, 0.05) is 18.7 Å². The highest BCUT2D eigenvalue weighted by Crippen LogP contribution is 2.37. The number of benzene rings is 1. The van der Waals surface area contributed by atoms with E-state index in [2.05, 4.69) is 15.9 Å². The van der Waals surface area contributed by atoms with Crippen LogP contribution in [0.2, 0.25) is 5.02 Å². The maximum Gasteiger partial charge on any atom is 0.252 e. The van der Waals surface area contributed by atoms with E-state index in [0.717, 1.165) is 15.6 Å². The molecule has 0 N–H and O–H groups in total. The maximum atomic E-state index is 13.8. The monoisotopic (exact) mass is 411 g/mol. The van der Waals surface area contributed by atoms with Crippen molar-refractivity contribution in [1.82, 2.24) is 4.31 Å². The van der Waals surface area contributed by atoms with Crippen LogP contribution in [0.5, 0.6) is 0 Å². The average molecular weight is 413 g/mol. The molecule has 1 aromatic carbocycles. The lowest BCUT2D eigenvalue weighted by Crippen LogP contribution is -2.29. The van der Waals surface area contributed by atoms with E-state index >= 15 is 0 Å². The van der Waals surface area contributed by atoms with Crippen LogP contribution >= 0.6 is 38.9 Å². The van der Waals surface area contributed by atoms with Crippen molar-refractivity contribution < 1.29 is 12.8 Å². The van der Waals surface area contributed by atoms with Crippen molar-refractivity contribution in [2.45, 2.75) is 17.2 Å². The van der Waals surface area contributed by atoms with Gasteiger partial charge in [0.2, 0.25) is 0 Å². The summed E-state index contributed by atoms with van der Waals surface area (Å²) in [5.41, 5.74) is 0.324. The van der Waals surface area contributed by atoms with Crippen LogP contribution in [-0.4, -0.2) is 19.8 Å². The van der Waals surface area contributed by atoms with Crippen LogP contribution in [0.3, 0.4) is 0 Å². The first-order valence-electron chi connectivity index (χ1n) is 5.92. The van der Waals surface area contributed by atoms with Gasteiger partial charge in [-0.1, -0.05) is 29.8 Å². The SMILES string of the molecule is CC(c1ccccc1F)N(C)S(=O)(=O)c1cc(Cl)c(Br)s1. The molecule has 0 radical (unpaired) electrons. The summed E-state index contributed by atoms with van der Waals surface area (Å²) in [6.45, 7) is 1.64. The first kappa shape index (κ1) is 16.9. The van der Waals surface area contributed by atoms with E-state index in [0.29, 0.717) is 14.4 Å². The Kier molecular flexibility index (Phi) is 5.10. The zero-order valence-corrected chi connectivity index (χ0v) is 15.2. The summed E-state index contributed by atoms with van der Waals surface area (Å²) < 4.78 is 40.7. The minimum absolute atomic E-state index is 0.116. The van der Waals surface area contributed by atoms with Gasteiger partial charge in [0.25, 0.3) is 10.0 Å². The molecule has 1 atom stereocenters. The van der Waals surface area contributed by atoms with Gasteiger partial charge < -0.3 is 0 Å². The molecule has 2 rings (SSSR count). The van der Waals surface area contributed by atoms with Gasteiger partial charge in [-0.05, 0) is 35.0 Å². The van der Waals surface area contributed by atoms with Gasteiger partial charge in [0.15, 0.2) is 0 Å². The molecule has 1 aromatic heterocycles. The molecule has 0 saturated heterocycles. The number of rotatable bonds is 4. The van der Waals surface area contributed by atoms with Gasteiger partial charge in [-0.15, -0.1) is 11.3 Å². The average Bonchev–Trinajstić information content (AvgIpc) is 2.78. The zero-order chi connectivity index (χ0) is 15.8. The Morgan fingerprint density at radius 2 is 2.00 bits per heavy atom. The highest BCUT2D eigenvalue weighted by atomic mass is 79.9. The number of nitrogens with zero attached hydrogens (tertiary/aromatic N) is 1. The molecular formula is C13H12BrClFNO2S2. The van der Waals surface area contributed by atoms with Crippen molar-refractivity contribution in [1.29, 1.82) is 0 Å². The van der Waals surface area contributed by atoms with Crippen molar-refractivity contribution in [3.63, 3.8) is 0 Å². The van der Waals surface area contributed by atoms with E-state index in [1.165, 1.54) is 19.2 Å². The Bertz CT molecular complexity index is 744. The van der Waals surface area contributed by atoms with Gasteiger partial charge in [0.1, 0.15) is 10.0 Å². The van der Waals surface area contributed by atoms with E-state index < -0.39 is 21.9 Å². The third-order valence-corrected chi connectivity index (χ3v) is 8.01. The Morgan fingerprint density at radius 3 is 2.52 bits per heavy atom. The molecule has 1 heterocycles. The summed E-state index contributed by atoms with van der Waals surface area (Å²) in [7, 11) is -2.31. The number of sulfonamides is 1. The predicted octanol–water partition coefficient (Wildman–Crippen LogP) is 4.68. The molecule has 2 aromatic rings. The van der Waals surface area contributed by atoms with Crippen LogP contribution in [0, 0.1) is 5.82 Å². The van der Waals surface area contributed by atoms with Gasteiger partial charge in [0.05, 0.1) is 8.81 Å². The Hall–Kier alpha value is -0.470. The topological polar surface area (TPSA) is 37.4 Å². The molecule has 21 heavy (non-hydrogen) atoms. The van der Waals surface area contributed by atoms with Crippen LogP contribution in [0.4, 0.5) is 4.39 Å². The lowest BCUT2D eigenvalue weighted by atomic mass is 10.1. The second-order valence-electron chi connectivity index (χ2n) is 4.41. The molecule has 3 nitrogen and oxygen atoms in total. The highest BCUT2D eigenvalue weighted by Gasteiger charge is 2.29. The summed E-state index contributed by atoms with van der Waals surface area (Å²) >= 11 is 10.1. The summed E-state index contributed by atoms with van der Waals surface area (Å²) in [6, 6.07) is 6.88. The van der Waals surface area contributed by atoms with Crippen LogP contribution in [0.25, 0.3) is 0 Å². The number of thiophene rings is 1. The predicted molar refractivity (Wildman–Crippen MR) is 86.8 cm³/mol. The summed E-state index contributed by atoms with van der Waals surface area (Å²) in [5, 5.41) is 0.338. The normalized spacial score (nSPS) is 13.6. The van der Waals surface area contributed by atoms with Crippen LogP contribution in [0.1, 0.15) is 18.5 Å². The minimum atomic E-state index is -3.73. The molecule has 0 amide bonds. The summed E-state index contributed by atoms with van der Waals surface area (Å²) in [5.74, 6) is -0.433. The molecule has 1 unspecified atom stereocenters. The molecule has 0 saturated carbocycles. The Labute approximate surface area is 140 Å². The second kappa shape index (κ2) is 6.34.